The Morgan fingerprint density at radius 1 is 1.14 bits per heavy atom. The van der Waals surface area contributed by atoms with E-state index in [2.05, 4.69) is 50.2 Å². The van der Waals surface area contributed by atoms with Crippen molar-refractivity contribution in [1.82, 2.24) is 0 Å². The maximum Gasteiger partial charge on any atom is 0.122 e. The number of aryl methyl sites for hydroxylation is 2. The molecule has 0 aliphatic carbocycles. The van der Waals surface area contributed by atoms with Gasteiger partial charge in [0, 0.05) is 5.92 Å². The van der Waals surface area contributed by atoms with Crippen LogP contribution in [-0.4, -0.2) is 13.7 Å². The summed E-state index contributed by atoms with van der Waals surface area (Å²) in [7, 11) is 1.74. The summed E-state index contributed by atoms with van der Waals surface area (Å²) in [4.78, 5) is 0. The van der Waals surface area contributed by atoms with Crippen LogP contribution < -0.4 is 9.47 Å². The average Bonchev–Trinajstić information content (AvgIpc) is 2.60. The second kappa shape index (κ2) is 6.43. The summed E-state index contributed by atoms with van der Waals surface area (Å²) in [6.45, 7) is 5.29. The molecule has 0 amide bonds. The van der Waals surface area contributed by atoms with Crippen LogP contribution in [0.1, 0.15) is 48.4 Å². The maximum absolute atomic E-state index is 5.71. The molecule has 3 rings (SSSR count). The van der Waals surface area contributed by atoms with Crippen LogP contribution in [-0.2, 0) is 12.8 Å². The molecular weight excluding hydrogens is 272 g/mol. The van der Waals surface area contributed by atoms with Crippen LogP contribution in [0.25, 0.3) is 0 Å². The Hall–Kier alpha value is -1.96. The van der Waals surface area contributed by atoms with Crippen LogP contribution in [0.5, 0.6) is 11.5 Å². The molecule has 1 atom stereocenters. The fourth-order valence-corrected chi connectivity index (χ4v) is 3.19. The monoisotopic (exact) mass is 296 g/mol. The second-order valence-electron chi connectivity index (χ2n) is 5.97. The fourth-order valence-electron chi connectivity index (χ4n) is 3.19. The number of hydrogen-bond donors (Lipinski definition) is 0. The lowest BCUT2D eigenvalue weighted by molar-refractivity contribution is 0.288. The first-order valence-corrected chi connectivity index (χ1v) is 8.15. The minimum atomic E-state index is 0.378. The van der Waals surface area contributed by atoms with Gasteiger partial charge in [0.05, 0.1) is 13.7 Å². The molecule has 0 saturated carbocycles. The molecular formula is C20H24O2. The van der Waals surface area contributed by atoms with E-state index in [4.69, 9.17) is 9.47 Å². The van der Waals surface area contributed by atoms with Crippen molar-refractivity contribution in [3.8, 4) is 11.5 Å². The lowest BCUT2D eigenvalue weighted by Crippen LogP contribution is -2.09. The van der Waals surface area contributed by atoms with E-state index < -0.39 is 0 Å². The van der Waals surface area contributed by atoms with E-state index in [0.29, 0.717) is 5.92 Å². The predicted octanol–water partition coefficient (Wildman–Crippen LogP) is 4.73. The molecule has 0 bridgehead atoms. The highest BCUT2D eigenvalue weighted by Crippen LogP contribution is 2.33. The number of fused-ring (bicyclic) bond motifs is 1. The minimum Gasteiger partial charge on any atom is -0.496 e. The van der Waals surface area contributed by atoms with Gasteiger partial charge in [0.25, 0.3) is 0 Å². The van der Waals surface area contributed by atoms with Crippen LogP contribution in [0.2, 0.25) is 0 Å². The first-order valence-electron chi connectivity index (χ1n) is 8.15. The van der Waals surface area contributed by atoms with Crippen molar-refractivity contribution >= 4 is 0 Å². The summed E-state index contributed by atoms with van der Waals surface area (Å²) in [5, 5.41) is 0. The Morgan fingerprint density at radius 3 is 2.68 bits per heavy atom. The van der Waals surface area contributed by atoms with Gasteiger partial charge >= 0.3 is 0 Å². The summed E-state index contributed by atoms with van der Waals surface area (Å²) >= 11 is 0. The molecule has 0 N–H and O–H groups in total. The molecule has 116 valence electrons. The van der Waals surface area contributed by atoms with Crippen LogP contribution in [0.3, 0.4) is 0 Å². The molecule has 2 heteroatoms. The van der Waals surface area contributed by atoms with Crippen LogP contribution in [0.4, 0.5) is 0 Å². The molecule has 2 aromatic carbocycles. The number of benzene rings is 2. The van der Waals surface area contributed by atoms with E-state index in [1.807, 2.05) is 0 Å². The van der Waals surface area contributed by atoms with Gasteiger partial charge in [0.1, 0.15) is 11.5 Å². The standard InChI is InChI=1S/C20H24O2/c1-4-15-12-16(7-9-19(15)21-3)14(2)17-8-10-20-18(13-17)6-5-11-22-20/h7-10,12-14H,4-6,11H2,1-3H3. The normalized spacial score (nSPS) is 14.9. The summed E-state index contributed by atoms with van der Waals surface area (Å²) < 4.78 is 11.1. The first-order chi connectivity index (χ1) is 10.7. The second-order valence-corrected chi connectivity index (χ2v) is 5.97. The largest absolute Gasteiger partial charge is 0.496 e. The minimum absolute atomic E-state index is 0.378. The zero-order valence-electron chi connectivity index (χ0n) is 13.7. The van der Waals surface area contributed by atoms with Gasteiger partial charge in [-0.15, -0.1) is 0 Å². The number of ether oxygens (including phenoxy) is 2. The van der Waals surface area contributed by atoms with Crippen molar-refractivity contribution in [3.63, 3.8) is 0 Å². The molecule has 0 fully saturated rings. The first kappa shape index (κ1) is 15.0. The van der Waals surface area contributed by atoms with Crippen molar-refractivity contribution in [2.75, 3.05) is 13.7 Å². The summed E-state index contributed by atoms with van der Waals surface area (Å²) in [6, 6.07) is 13.2. The lowest BCUT2D eigenvalue weighted by Gasteiger charge is -2.21. The fraction of sp³-hybridized carbons (Fsp3) is 0.400. The van der Waals surface area contributed by atoms with Gasteiger partial charge in [0.2, 0.25) is 0 Å². The third kappa shape index (κ3) is 2.83. The van der Waals surface area contributed by atoms with E-state index in [9.17, 15) is 0 Å². The Bertz CT molecular complexity index is 621. The van der Waals surface area contributed by atoms with E-state index in [0.717, 1.165) is 37.4 Å². The number of rotatable bonds is 4. The summed E-state index contributed by atoms with van der Waals surface area (Å²) in [5.74, 6) is 2.42. The lowest BCUT2D eigenvalue weighted by atomic mass is 9.89. The van der Waals surface area contributed by atoms with Gasteiger partial charge in [-0.3, -0.25) is 0 Å². The van der Waals surface area contributed by atoms with Crippen LogP contribution in [0, 0.1) is 0 Å². The highest BCUT2D eigenvalue weighted by atomic mass is 16.5. The Kier molecular flexibility index (Phi) is 4.37. The Labute approximate surface area is 133 Å². The molecule has 1 heterocycles. The quantitative estimate of drug-likeness (QED) is 0.811. The SMILES string of the molecule is CCc1cc(C(C)c2ccc3c(c2)CCCO3)ccc1OC. The third-order valence-corrected chi connectivity index (χ3v) is 4.62. The van der Waals surface area contributed by atoms with Gasteiger partial charge in [-0.25, -0.2) is 0 Å². The third-order valence-electron chi connectivity index (χ3n) is 4.62. The molecule has 22 heavy (non-hydrogen) atoms. The molecule has 2 nitrogen and oxygen atoms in total. The van der Waals surface area contributed by atoms with Crippen molar-refractivity contribution < 1.29 is 9.47 Å². The van der Waals surface area contributed by atoms with Gasteiger partial charge in [-0.1, -0.05) is 38.1 Å². The van der Waals surface area contributed by atoms with Crippen LogP contribution in [0.15, 0.2) is 36.4 Å². The Morgan fingerprint density at radius 2 is 1.91 bits per heavy atom. The number of hydrogen-bond acceptors (Lipinski definition) is 2. The maximum atomic E-state index is 5.71. The smallest absolute Gasteiger partial charge is 0.122 e. The van der Waals surface area contributed by atoms with E-state index in [1.165, 1.54) is 22.3 Å². The molecule has 0 aromatic heterocycles. The van der Waals surface area contributed by atoms with Crippen molar-refractivity contribution in [2.45, 2.75) is 39.0 Å². The zero-order chi connectivity index (χ0) is 15.5. The van der Waals surface area contributed by atoms with Gasteiger partial charge in [-0.2, -0.15) is 0 Å². The van der Waals surface area contributed by atoms with Gasteiger partial charge in [0.15, 0.2) is 0 Å². The van der Waals surface area contributed by atoms with Gasteiger partial charge < -0.3 is 9.47 Å². The Balaban J connectivity index is 1.91. The molecule has 1 aliphatic heterocycles. The molecule has 1 aliphatic rings. The molecule has 2 aromatic rings. The topological polar surface area (TPSA) is 18.5 Å². The molecule has 1 unspecified atom stereocenters. The molecule has 0 saturated heterocycles. The highest BCUT2D eigenvalue weighted by Gasteiger charge is 2.15. The van der Waals surface area contributed by atoms with Crippen molar-refractivity contribution in [1.29, 1.82) is 0 Å². The van der Waals surface area contributed by atoms with E-state index in [1.54, 1.807) is 7.11 Å². The molecule has 0 radical (unpaired) electrons. The molecule has 0 spiro atoms. The van der Waals surface area contributed by atoms with Crippen molar-refractivity contribution in [3.05, 3.63) is 58.7 Å². The highest BCUT2D eigenvalue weighted by molar-refractivity contribution is 5.45. The van der Waals surface area contributed by atoms with E-state index in [-0.39, 0.29) is 0 Å². The summed E-state index contributed by atoms with van der Waals surface area (Å²) in [5.41, 5.74) is 5.32. The van der Waals surface area contributed by atoms with Crippen molar-refractivity contribution in [2.24, 2.45) is 0 Å². The average molecular weight is 296 g/mol. The number of methoxy groups -OCH3 is 1. The summed E-state index contributed by atoms with van der Waals surface area (Å²) in [6.07, 6.45) is 3.23. The van der Waals surface area contributed by atoms with Gasteiger partial charge in [-0.05, 0) is 53.6 Å². The zero-order valence-corrected chi connectivity index (χ0v) is 13.7. The predicted molar refractivity (Wildman–Crippen MR) is 90.1 cm³/mol. The van der Waals surface area contributed by atoms with Crippen LogP contribution >= 0.6 is 0 Å². The van der Waals surface area contributed by atoms with E-state index >= 15 is 0 Å².